The van der Waals surface area contributed by atoms with Crippen LogP contribution in [-0.4, -0.2) is 36.0 Å². The van der Waals surface area contributed by atoms with E-state index in [4.69, 9.17) is 0 Å². The molecule has 7 nitrogen and oxygen atoms in total. The van der Waals surface area contributed by atoms with E-state index >= 15 is 0 Å². The summed E-state index contributed by atoms with van der Waals surface area (Å²) in [6.45, 7) is 0.772. The molecular weight excluding hydrogens is 329 g/mol. The quantitative estimate of drug-likeness (QED) is 0.858. The molecule has 132 valence electrons. The molecule has 0 bridgehead atoms. The summed E-state index contributed by atoms with van der Waals surface area (Å²) in [5.41, 5.74) is -3.52. The third kappa shape index (κ3) is 2.45. The number of nitrogens with one attached hydrogen (secondary N) is 1. The molecule has 1 aliphatic rings. The second kappa shape index (κ2) is 5.20. The van der Waals surface area contributed by atoms with Gasteiger partial charge in [-0.05, 0) is 31.6 Å². The van der Waals surface area contributed by atoms with Crippen LogP contribution in [0.25, 0.3) is 11.2 Å². The number of fused-ring (bicyclic) bond motifs is 1. The average molecular weight is 346 g/mol. The van der Waals surface area contributed by atoms with E-state index in [1.165, 1.54) is 10.9 Å². The maximum atomic E-state index is 12.8. The zero-order chi connectivity index (χ0) is 17.9. The van der Waals surface area contributed by atoms with Gasteiger partial charge in [-0.25, -0.2) is 9.78 Å². The monoisotopic (exact) mass is 346 g/mol. The van der Waals surface area contributed by atoms with Crippen LogP contribution in [0.4, 0.5) is 13.2 Å². The lowest BCUT2D eigenvalue weighted by Crippen LogP contribution is -2.54. The van der Waals surface area contributed by atoms with Crippen LogP contribution in [0.1, 0.15) is 19.8 Å². The maximum absolute atomic E-state index is 12.8. The molecule has 0 radical (unpaired) electrons. The lowest BCUT2D eigenvalue weighted by molar-refractivity contribution is -0.284. The number of hydrogen-bond donors (Lipinski definition) is 2. The molecule has 0 aromatic carbocycles. The summed E-state index contributed by atoms with van der Waals surface area (Å²) in [4.78, 5) is 30.8. The van der Waals surface area contributed by atoms with Gasteiger partial charge in [-0.3, -0.25) is 14.3 Å². The number of imidazole rings is 1. The Morgan fingerprint density at radius 2 is 2.00 bits per heavy atom. The van der Waals surface area contributed by atoms with Crippen LogP contribution in [0.3, 0.4) is 0 Å². The Labute approximate surface area is 133 Å². The number of nitrogens with zero attached hydrogens (tertiary/aromatic N) is 3. The summed E-state index contributed by atoms with van der Waals surface area (Å²) in [7, 11) is 1.61. The molecule has 0 saturated heterocycles. The molecule has 0 aliphatic heterocycles. The number of aliphatic hydroxyl groups is 1. The Morgan fingerprint density at radius 3 is 2.58 bits per heavy atom. The summed E-state index contributed by atoms with van der Waals surface area (Å²) in [5.74, 6) is -1.20. The van der Waals surface area contributed by atoms with Crippen LogP contribution in [0.2, 0.25) is 0 Å². The first kappa shape index (κ1) is 16.7. The summed E-state index contributed by atoms with van der Waals surface area (Å²) < 4.78 is 40.9. The number of rotatable bonds is 3. The van der Waals surface area contributed by atoms with Gasteiger partial charge in [0.2, 0.25) is 0 Å². The van der Waals surface area contributed by atoms with Crippen LogP contribution in [0, 0.1) is 11.8 Å². The van der Waals surface area contributed by atoms with Gasteiger partial charge in [0.05, 0.1) is 6.33 Å². The summed E-state index contributed by atoms with van der Waals surface area (Å²) >= 11 is 0. The Balaban J connectivity index is 1.80. The predicted octanol–water partition coefficient (Wildman–Crippen LogP) is 0.763. The van der Waals surface area contributed by atoms with Crippen LogP contribution >= 0.6 is 0 Å². The first-order valence-corrected chi connectivity index (χ1v) is 7.45. The first-order chi connectivity index (χ1) is 11.0. The molecule has 1 fully saturated rings. The lowest BCUT2D eigenvalue weighted by Gasteiger charge is -2.44. The number of H-pyrrole nitrogens is 1. The standard InChI is InChI=1S/C14H17F3N4O3/c1-13(24,14(15,16)17)8-3-7(4-8)5-21-11(22)9-10(19-12(21)23)18-6-20(9)2/h6-8,24H,3-5H2,1-2H3,(H,19,23). The normalized spacial score (nSPS) is 23.9. The van der Waals surface area contributed by atoms with Crippen LogP contribution in [0.15, 0.2) is 15.9 Å². The predicted molar refractivity (Wildman–Crippen MR) is 78.5 cm³/mol. The van der Waals surface area contributed by atoms with Crippen LogP contribution in [0.5, 0.6) is 0 Å². The van der Waals surface area contributed by atoms with Crippen LogP contribution in [-0.2, 0) is 13.6 Å². The van der Waals surface area contributed by atoms with Crippen molar-refractivity contribution in [3.63, 3.8) is 0 Å². The van der Waals surface area contributed by atoms with Gasteiger partial charge in [0.1, 0.15) is 0 Å². The van der Waals surface area contributed by atoms with Gasteiger partial charge in [-0.1, -0.05) is 0 Å². The fourth-order valence-electron chi connectivity index (χ4n) is 3.16. The molecule has 24 heavy (non-hydrogen) atoms. The molecule has 3 rings (SSSR count). The van der Waals surface area contributed by atoms with Gasteiger partial charge in [0.15, 0.2) is 16.8 Å². The van der Waals surface area contributed by atoms with E-state index < -0.39 is 28.9 Å². The molecule has 2 N–H and O–H groups in total. The Kier molecular flexibility index (Phi) is 3.63. The molecule has 2 heterocycles. The molecule has 1 unspecified atom stereocenters. The van der Waals surface area contributed by atoms with Gasteiger partial charge in [-0.15, -0.1) is 0 Å². The van der Waals surface area contributed by atoms with E-state index in [0.29, 0.717) is 0 Å². The third-order valence-corrected chi connectivity index (χ3v) is 4.90. The third-order valence-electron chi connectivity index (χ3n) is 4.90. The number of hydrogen-bond acceptors (Lipinski definition) is 4. The number of aromatic amines is 1. The lowest BCUT2D eigenvalue weighted by atomic mass is 9.66. The van der Waals surface area contributed by atoms with Crippen molar-refractivity contribution < 1.29 is 18.3 Å². The molecular formula is C14H17F3N4O3. The van der Waals surface area contributed by atoms with Gasteiger partial charge >= 0.3 is 11.9 Å². The number of aromatic nitrogens is 4. The SMILES string of the molecule is Cn1cnc2[nH]c(=O)n(CC3CC(C(C)(O)C(F)(F)F)C3)c(=O)c21. The summed E-state index contributed by atoms with van der Waals surface area (Å²) in [6, 6.07) is 0. The van der Waals surface area contributed by atoms with Crippen molar-refractivity contribution in [3.05, 3.63) is 27.2 Å². The van der Waals surface area contributed by atoms with Gasteiger partial charge < -0.3 is 9.67 Å². The van der Waals surface area contributed by atoms with Crippen molar-refractivity contribution in [1.82, 2.24) is 19.1 Å². The van der Waals surface area contributed by atoms with Gasteiger partial charge in [0.25, 0.3) is 5.56 Å². The van der Waals surface area contributed by atoms with Gasteiger partial charge in [0, 0.05) is 13.6 Å². The van der Waals surface area contributed by atoms with E-state index in [0.717, 1.165) is 11.5 Å². The minimum absolute atomic E-state index is 0.0136. The highest BCUT2D eigenvalue weighted by Crippen LogP contribution is 2.48. The minimum atomic E-state index is -4.70. The Morgan fingerprint density at radius 1 is 1.38 bits per heavy atom. The number of halogens is 3. The molecule has 2 aromatic rings. The van der Waals surface area contributed by atoms with Crippen molar-refractivity contribution in [2.45, 2.75) is 38.1 Å². The zero-order valence-corrected chi connectivity index (χ0v) is 13.1. The van der Waals surface area contributed by atoms with Crippen molar-refractivity contribution >= 4 is 11.2 Å². The molecule has 2 aromatic heterocycles. The highest BCUT2D eigenvalue weighted by molar-refractivity contribution is 5.68. The Bertz CT molecular complexity index is 887. The van der Waals surface area contributed by atoms with Crippen LogP contribution < -0.4 is 11.2 Å². The summed E-state index contributed by atoms with van der Waals surface area (Å²) in [5, 5.41) is 9.64. The second-order valence-electron chi connectivity index (χ2n) is 6.58. The number of alkyl halides is 3. The van der Waals surface area contributed by atoms with Crippen molar-refractivity contribution in [1.29, 1.82) is 0 Å². The molecule has 10 heteroatoms. The fraction of sp³-hybridized carbons (Fsp3) is 0.643. The number of aryl methyl sites for hydroxylation is 1. The highest BCUT2D eigenvalue weighted by atomic mass is 19.4. The topological polar surface area (TPSA) is 92.9 Å². The zero-order valence-electron chi connectivity index (χ0n) is 13.1. The van der Waals surface area contributed by atoms with E-state index in [1.54, 1.807) is 7.05 Å². The van der Waals surface area contributed by atoms with Crippen molar-refractivity contribution in [3.8, 4) is 0 Å². The van der Waals surface area contributed by atoms with E-state index in [-0.39, 0.29) is 36.5 Å². The molecule has 1 aliphatic carbocycles. The van der Waals surface area contributed by atoms with Gasteiger partial charge in [-0.2, -0.15) is 13.2 Å². The second-order valence-corrected chi connectivity index (χ2v) is 6.58. The smallest absolute Gasteiger partial charge is 0.380 e. The molecule has 1 atom stereocenters. The molecule has 0 spiro atoms. The maximum Gasteiger partial charge on any atom is 0.417 e. The van der Waals surface area contributed by atoms with E-state index in [9.17, 15) is 27.9 Å². The average Bonchev–Trinajstić information content (AvgIpc) is 2.76. The van der Waals surface area contributed by atoms with E-state index in [1.807, 2.05) is 0 Å². The van der Waals surface area contributed by atoms with Crippen molar-refractivity contribution in [2.24, 2.45) is 18.9 Å². The minimum Gasteiger partial charge on any atom is -0.380 e. The van der Waals surface area contributed by atoms with Crippen molar-refractivity contribution in [2.75, 3.05) is 0 Å². The largest absolute Gasteiger partial charge is 0.417 e. The molecule has 1 saturated carbocycles. The first-order valence-electron chi connectivity index (χ1n) is 7.45. The molecule has 0 amide bonds. The summed E-state index contributed by atoms with van der Waals surface area (Å²) in [6.07, 6.45) is -3.11. The van der Waals surface area contributed by atoms with E-state index in [2.05, 4.69) is 9.97 Å². The Hall–Kier alpha value is -2.10. The fourth-order valence-corrected chi connectivity index (χ4v) is 3.16. The highest BCUT2D eigenvalue weighted by Gasteiger charge is 2.57.